The molecule has 2 aliphatic heterocycles. The van der Waals surface area contributed by atoms with Gasteiger partial charge in [0.15, 0.2) is 0 Å². The Morgan fingerprint density at radius 2 is 1.81 bits per heavy atom. The highest BCUT2D eigenvalue weighted by molar-refractivity contribution is 6.30. The topological polar surface area (TPSA) is 43.4 Å². The minimum atomic E-state index is 0.348. The lowest BCUT2D eigenvalue weighted by Crippen LogP contribution is -2.48. The highest BCUT2D eigenvalue weighted by Gasteiger charge is 2.30. The zero-order chi connectivity index (χ0) is 17.8. The largest absolute Gasteiger partial charge is 0.300 e. The Balaban J connectivity index is 1.29. The van der Waals surface area contributed by atoms with E-state index in [1.807, 2.05) is 30.6 Å². The maximum atomic E-state index is 6.03. The smallest absolute Gasteiger partial charge is 0.0515 e. The molecule has 0 aliphatic carbocycles. The van der Waals surface area contributed by atoms with E-state index in [0.29, 0.717) is 12.0 Å². The first-order chi connectivity index (χ1) is 12.8. The Kier molecular flexibility index (Phi) is 5.82. The lowest BCUT2D eigenvalue weighted by molar-refractivity contribution is 0.112. The summed E-state index contributed by atoms with van der Waals surface area (Å²) in [5.74, 6) is 0.570. The van der Waals surface area contributed by atoms with Gasteiger partial charge in [0.05, 0.1) is 6.04 Å². The Morgan fingerprint density at radius 1 is 1.04 bits per heavy atom. The summed E-state index contributed by atoms with van der Waals surface area (Å²) in [6.45, 7) is 7.62. The Morgan fingerprint density at radius 3 is 2.54 bits per heavy atom. The Labute approximate surface area is 160 Å². The van der Waals surface area contributed by atoms with Gasteiger partial charge in [0, 0.05) is 69.1 Å². The standard InChI is InChI=1S/C20H26ClN5/c21-19-5-3-17(4-6-19)20-18(13-23-24-20)15-26-10-8-25(9-11-26)14-16-2-1-7-22-12-16/h1-7,12,18,20,23-24H,8-11,13-15H2. The van der Waals surface area contributed by atoms with E-state index in [0.717, 1.165) is 50.8 Å². The molecule has 4 rings (SSSR count). The van der Waals surface area contributed by atoms with Gasteiger partial charge >= 0.3 is 0 Å². The molecule has 2 aliphatic rings. The normalized spacial score (nSPS) is 24.8. The average molecular weight is 372 g/mol. The number of piperazine rings is 1. The van der Waals surface area contributed by atoms with E-state index in [2.05, 4.69) is 43.8 Å². The summed E-state index contributed by atoms with van der Waals surface area (Å²) in [4.78, 5) is 9.34. The molecule has 2 aromatic rings. The second-order valence-corrected chi connectivity index (χ2v) is 7.69. The fourth-order valence-electron chi connectivity index (χ4n) is 3.94. The van der Waals surface area contributed by atoms with Crippen LogP contribution in [0.3, 0.4) is 0 Å². The number of nitrogens with one attached hydrogen (secondary N) is 2. The molecular weight excluding hydrogens is 346 g/mol. The van der Waals surface area contributed by atoms with Crippen molar-refractivity contribution in [3.8, 4) is 0 Å². The predicted octanol–water partition coefficient (Wildman–Crippen LogP) is 2.32. The van der Waals surface area contributed by atoms with E-state index >= 15 is 0 Å². The summed E-state index contributed by atoms with van der Waals surface area (Å²) in [5.41, 5.74) is 9.38. The molecule has 2 fully saturated rings. The number of hydrazine groups is 1. The minimum Gasteiger partial charge on any atom is -0.300 e. The van der Waals surface area contributed by atoms with Gasteiger partial charge in [0.1, 0.15) is 0 Å². The van der Waals surface area contributed by atoms with Crippen LogP contribution in [0.4, 0.5) is 0 Å². The molecule has 0 amide bonds. The van der Waals surface area contributed by atoms with Crippen LogP contribution in [0.25, 0.3) is 0 Å². The van der Waals surface area contributed by atoms with Gasteiger partial charge in [-0.15, -0.1) is 0 Å². The molecule has 0 bridgehead atoms. The van der Waals surface area contributed by atoms with Crippen LogP contribution in [-0.2, 0) is 6.54 Å². The van der Waals surface area contributed by atoms with Gasteiger partial charge in [-0.2, -0.15) is 0 Å². The first-order valence-electron chi connectivity index (χ1n) is 9.35. The third kappa shape index (κ3) is 4.42. The second kappa shape index (κ2) is 8.46. The van der Waals surface area contributed by atoms with Crippen molar-refractivity contribution in [3.63, 3.8) is 0 Å². The quantitative estimate of drug-likeness (QED) is 0.844. The van der Waals surface area contributed by atoms with Gasteiger partial charge in [0.2, 0.25) is 0 Å². The number of aromatic nitrogens is 1. The molecule has 0 saturated carbocycles. The first-order valence-corrected chi connectivity index (χ1v) is 9.73. The van der Waals surface area contributed by atoms with E-state index in [9.17, 15) is 0 Å². The van der Waals surface area contributed by atoms with Crippen molar-refractivity contribution in [2.45, 2.75) is 12.6 Å². The van der Waals surface area contributed by atoms with Crippen LogP contribution in [0.5, 0.6) is 0 Å². The molecule has 2 unspecified atom stereocenters. The van der Waals surface area contributed by atoms with Gasteiger partial charge in [-0.1, -0.05) is 29.8 Å². The second-order valence-electron chi connectivity index (χ2n) is 7.25. The van der Waals surface area contributed by atoms with Gasteiger partial charge in [-0.05, 0) is 29.3 Å². The lowest BCUT2D eigenvalue weighted by atomic mass is 9.94. The van der Waals surface area contributed by atoms with Crippen LogP contribution in [-0.4, -0.2) is 54.1 Å². The molecule has 2 N–H and O–H groups in total. The number of rotatable bonds is 5. The van der Waals surface area contributed by atoms with E-state index in [1.54, 1.807) is 0 Å². The minimum absolute atomic E-state index is 0.348. The number of hydrogen-bond donors (Lipinski definition) is 2. The van der Waals surface area contributed by atoms with Gasteiger partial charge in [-0.3, -0.25) is 15.3 Å². The van der Waals surface area contributed by atoms with E-state index in [1.165, 1.54) is 11.1 Å². The van der Waals surface area contributed by atoms with Crippen molar-refractivity contribution in [2.24, 2.45) is 5.92 Å². The Hall–Kier alpha value is -1.50. The van der Waals surface area contributed by atoms with Crippen molar-refractivity contribution in [2.75, 3.05) is 39.3 Å². The molecule has 1 aromatic carbocycles. The van der Waals surface area contributed by atoms with Crippen LogP contribution in [0, 0.1) is 5.92 Å². The highest BCUT2D eigenvalue weighted by atomic mass is 35.5. The van der Waals surface area contributed by atoms with Crippen molar-refractivity contribution < 1.29 is 0 Å². The van der Waals surface area contributed by atoms with Crippen molar-refractivity contribution >= 4 is 11.6 Å². The summed E-state index contributed by atoms with van der Waals surface area (Å²) in [6, 6.07) is 12.7. The number of benzene rings is 1. The SMILES string of the molecule is Clc1ccc(C2NNCC2CN2CCN(Cc3cccnc3)CC2)cc1. The molecule has 3 heterocycles. The number of pyridine rings is 1. The summed E-state index contributed by atoms with van der Waals surface area (Å²) < 4.78 is 0. The Bertz CT molecular complexity index is 685. The molecule has 26 heavy (non-hydrogen) atoms. The molecule has 2 atom stereocenters. The molecular formula is C20H26ClN5. The van der Waals surface area contributed by atoms with Gasteiger partial charge < -0.3 is 4.90 Å². The van der Waals surface area contributed by atoms with Crippen LogP contribution < -0.4 is 10.9 Å². The van der Waals surface area contributed by atoms with Crippen LogP contribution in [0.15, 0.2) is 48.8 Å². The summed E-state index contributed by atoms with van der Waals surface area (Å²) in [6.07, 6.45) is 3.81. The molecule has 2 saturated heterocycles. The summed E-state index contributed by atoms with van der Waals surface area (Å²) >= 11 is 6.03. The molecule has 138 valence electrons. The average Bonchev–Trinajstić information content (AvgIpc) is 3.13. The molecule has 6 heteroatoms. The maximum Gasteiger partial charge on any atom is 0.0515 e. The van der Waals surface area contributed by atoms with Crippen molar-refractivity contribution in [3.05, 3.63) is 64.9 Å². The van der Waals surface area contributed by atoms with Crippen molar-refractivity contribution in [1.82, 2.24) is 25.6 Å². The lowest BCUT2D eigenvalue weighted by Gasteiger charge is -2.36. The first kappa shape index (κ1) is 17.9. The monoisotopic (exact) mass is 371 g/mol. The van der Waals surface area contributed by atoms with E-state index in [-0.39, 0.29) is 0 Å². The fraction of sp³-hybridized carbons (Fsp3) is 0.450. The molecule has 0 spiro atoms. The molecule has 1 aromatic heterocycles. The zero-order valence-corrected chi connectivity index (χ0v) is 15.7. The van der Waals surface area contributed by atoms with Gasteiger partial charge in [-0.25, -0.2) is 5.43 Å². The third-order valence-corrected chi connectivity index (χ3v) is 5.66. The number of hydrogen-bond acceptors (Lipinski definition) is 5. The summed E-state index contributed by atoms with van der Waals surface area (Å²) in [7, 11) is 0. The van der Waals surface area contributed by atoms with E-state index in [4.69, 9.17) is 11.6 Å². The van der Waals surface area contributed by atoms with Crippen LogP contribution in [0.1, 0.15) is 17.2 Å². The predicted molar refractivity (Wildman–Crippen MR) is 105 cm³/mol. The molecule has 0 radical (unpaired) electrons. The zero-order valence-electron chi connectivity index (χ0n) is 14.9. The number of halogens is 1. The third-order valence-electron chi connectivity index (χ3n) is 5.41. The van der Waals surface area contributed by atoms with Crippen LogP contribution >= 0.6 is 11.6 Å². The van der Waals surface area contributed by atoms with E-state index < -0.39 is 0 Å². The molecule has 5 nitrogen and oxygen atoms in total. The summed E-state index contributed by atoms with van der Waals surface area (Å²) in [5, 5.41) is 0.793. The highest BCUT2D eigenvalue weighted by Crippen LogP contribution is 2.27. The van der Waals surface area contributed by atoms with Gasteiger partial charge in [0.25, 0.3) is 0 Å². The van der Waals surface area contributed by atoms with Crippen molar-refractivity contribution in [1.29, 1.82) is 0 Å². The maximum absolute atomic E-state index is 6.03. The fourth-order valence-corrected chi connectivity index (χ4v) is 4.07. The van der Waals surface area contributed by atoms with Crippen LogP contribution in [0.2, 0.25) is 5.02 Å². The number of nitrogens with zero attached hydrogens (tertiary/aromatic N) is 3.